The number of ketones is 2. The number of hydrogen-bond acceptors (Lipinski definition) is 6. The maximum Gasteiger partial charge on any atom is 0.241 e. The van der Waals surface area contributed by atoms with E-state index in [0.29, 0.717) is 11.3 Å². The van der Waals surface area contributed by atoms with Crippen LogP contribution in [0.15, 0.2) is 72.8 Å². The molecule has 1 aliphatic carbocycles. The molecule has 3 aliphatic rings. The average molecular weight is 467 g/mol. The second kappa shape index (κ2) is 7.45. The molecule has 0 unspecified atom stereocenters. The standard InChI is InChI=1S/C28H21NO6/c1-15-9-3-4-10-16(15)23-21-22(27(33)29(26(21)32)19-13-7-8-14-20(19)34-2)28(35-23)24(30)17-11-5-6-12-18(17)25(28)31/h3-14,21-23H,1-2H3/t21-,22+,23-/m1/s1. The van der Waals surface area contributed by atoms with Gasteiger partial charge < -0.3 is 9.47 Å². The first-order valence-electron chi connectivity index (χ1n) is 11.3. The highest BCUT2D eigenvalue weighted by Gasteiger charge is 2.75. The van der Waals surface area contributed by atoms with E-state index in [0.717, 1.165) is 10.5 Å². The summed E-state index contributed by atoms with van der Waals surface area (Å²) in [4.78, 5) is 56.6. The number of benzene rings is 3. The molecular formula is C28H21NO6. The van der Waals surface area contributed by atoms with Crippen molar-refractivity contribution in [1.82, 2.24) is 0 Å². The molecular weight excluding hydrogens is 446 g/mol. The lowest BCUT2D eigenvalue weighted by molar-refractivity contribution is -0.127. The predicted molar refractivity (Wildman–Crippen MR) is 125 cm³/mol. The molecule has 2 saturated heterocycles. The number of aryl methyl sites for hydroxylation is 1. The summed E-state index contributed by atoms with van der Waals surface area (Å²) in [6.45, 7) is 1.87. The van der Waals surface area contributed by atoms with Crippen molar-refractivity contribution in [2.24, 2.45) is 11.8 Å². The molecule has 0 radical (unpaired) electrons. The van der Waals surface area contributed by atoms with Crippen LogP contribution in [-0.4, -0.2) is 36.1 Å². The van der Waals surface area contributed by atoms with Crippen molar-refractivity contribution in [3.8, 4) is 5.75 Å². The molecule has 2 aliphatic heterocycles. The minimum atomic E-state index is -2.09. The van der Waals surface area contributed by atoms with Crippen LogP contribution in [0.25, 0.3) is 0 Å². The van der Waals surface area contributed by atoms with Gasteiger partial charge >= 0.3 is 0 Å². The molecule has 2 heterocycles. The summed E-state index contributed by atoms with van der Waals surface area (Å²) in [5.74, 6) is -4.32. The Morgan fingerprint density at radius 2 is 1.40 bits per heavy atom. The fourth-order valence-electron chi connectivity index (χ4n) is 5.76. The second-order valence-corrected chi connectivity index (χ2v) is 9.02. The molecule has 2 amide bonds. The van der Waals surface area contributed by atoms with Crippen LogP contribution >= 0.6 is 0 Å². The van der Waals surface area contributed by atoms with Gasteiger partial charge in [-0.2, -0.15) is 0 Å². The summed E-state index contributed by atoms with van der Waals surface area (Å²) in [6.07, 6.45) is -0.945. The van der Waals surface area contributed by atoms with Gasteiger partial charge in [-0.15, -0.1) is 0 Å². The van der Waals surface area contributed by atoms with Crippen molar-refractivity contribution in [1.29, 1.82) is 0 Å². The molecule has 0 saturated carbocycles. The Labute approximate surface area is 201 Å². The van der Waals surface area contributed by atoms with Crippen LogP contribution in [-0.2, 0) is 14.3 Å². The van der Waals surface area contributed by atoms with Gasteiger partial charge in [0.05, 0.1) is 30.7 Å². The van der Waals surface area contributed by atoms with Crippen LogP contribution in [0.5, 0.6) is 5.75 Å². The van der Waals surface area contributed by atoms with Crippen molar-refractivity contribution < 1.29 is 28.7 Å². The monoisotopic (exact) mass is 467 g/mol. The molecule has 1 spiro atoms. The number of para-hydroxylation sites is 2. The van der Waals surface area contributed by atoms with Crippen LogP contribution < -0.4 is 9.64 Å². The zero-order valence-electron chi connectivity index (χ0n) is 19.1. The summed E-state index contributed by atoms with van der Waals surface area (Å²) in [5, 5.41) is 0. The number of methoxy groups -OCH3 is 1. The van der Waals surface area contributed by atoms with Crippen molar-refractivity contribution in [2.75, 3.05) is 12.0 Å². The van der Waals surface area contributed by atoms with E-state index in [4.69, 9.17) is 9.47 Å². The Morgan fingerprint density at radius 1 is 0.800 bits per heavy atom. The van der Waals surface area contributed by atoms with Crippen LogP contribution in [0.4, 0.5) is 5.69 Å². The van der Waals surface area contributed by atoms with E-state index in [2.05, 4.69) is 0 Å². The van der Waals surface area contributed by atoms with E-state index < -0.39 is 46.9 Å². The number of ether oxygens (including phenoxy) is 2. The van der Waals surface area contributed by atoms with Gasteiger partial charge in [0, 0.05) is 11.1 Å². The van der Waals surface area contributed by atoms with Gasteiger partial charge in [0.2, 0.25) is 29.0 Å². The summed E-state index contributed by atoms with van der Waals surface area (Å²) in [7, 11) is 1.45. The van der Waals surface area contributed by atoms with Crippen LogP contribution in [0.1, 0.15) is 37.9 Å². The minimum absolute atomic E-state index is 0.206. The van der Waals surface area contributed by atoms with Crippen molar-refractivity contribution in [2.45, 2.75) is 18.6 Å². The lowest BCUT2D eigenvalue weighted by Gasteiger charge is -2.28. The molecule has 0 bridgehead atoms. The predicted octanol–water partition coefficient (Wildman–Crippen LogP) is 3.70. The molecule has 3 aromatic rings. The second-order valence-electron chi connectivity index (χ2n) is 9.02. The molecule has 174 valence electrons. The average Bonchev–Trinajstić information content (AvgIpc) is 3.44. The van der Waals surface area contributed by atoms with Crippen molar-refractivity contribution in [3.63, 3.8) is 0 Å². The molecule has 2 fully saturated rings. The van der Waals surface area contributed by atoms with E-state index >= 15 is 0 Å². The van der Waals surface area contributed by atoms with Crippen LogP contribution in [0.2, 0.25) is 0 Å². The summed E-state index contributed by atoms with van der Waals surface area (Å²) in [5.41, 5.74) is 0.0904. The number of rotatable bonds is 3. The first kappa shape index (κ1) is 21.4. The molecule has 7 heteroatoms. The number of Topliss-reactive ketones (excluding diaryl/α,β-unsaturated/α-hetero) is 2. The van der Waals surface area contributed by atoms with Gasteiger partial charge in [-0.25, -0.2) is 4.90 Å². The van der Waals surface area contributed by atoms with E-state index in [-0.39, 0.29) is 16.8 Å². The van der Waals surface area contributed by atoms with Gasteiger partial charge in [0.15, 0.2) is 0 Å². The largest absolute Gasteiger partial charge is 0.495 e. The lowest BCUT2D eigenvalue weighted by atomic mass is 9.77. The van der Waals surface area contributed by atoms with Gasteiger partial charge in [-0.05, 0) is 30.2 Å². The van der Waals surface area contributed by atoms with Crippen LogP contribution in [0.3, 0.4) is 0 Å². The molecule has 3 atom stereocenters. The van der Waals surface area contributed by atoms with Crippen molar-refractivity contribution >= 4 is 29.1 Å². The van der Waals surface area contributed by atoms with E-state index in [9.17, 15) is 19.2 Å². The molecule has 0 aromatic heterocycles. The maximum atomic E-state index is 14.0. The zero-order chi connectivity index (χ0) is 24.5. The number of fused-ring (bicyclic) bond motifs is 3. The summed E-state index contributed by atoms with van der Waals surface area (Å²) in [6, 6.07) is 20.5. The van der Waals surface area contributed by atoms with Crippen molar-refractivity contribution in [3.05, 3.63) is 95.1 Å². The molecule has 3 aromatic carbocycles. The normalized spacial score (nSPS) is 24.3. The van der Waals surface area contributed by atoms with E-state index in [1.165, 1.54) is 7.11 Å². The molecule has 0 N–H and O–H groups in total. The van der Waals surface area contributed by atoms with Gasteiger partial charge in [0.1, 0.15) is 5.75 Å². The molecule has 35 heavy (non-hydrogen) atoms. The summed E-state index contributed by atoms with van der Waals surface area (Å²) >= 11 is 0. The zero-order valence-corrected chi connectivity index (χ0v) is 19.1. The molecule has 6 rings (SSSR count). The highest BCUT2D eigenvalue weighted by atomic mass is 16.5. The highest BCUT2D eigenvalue weighted by Crippen LogP contribution is 2.58. The third-order valence-electron chi connectivity index (χ3n) is 7.34. The number of carbonyl (C=O) groups is 4. The fraction of sp³-hybridized carbons (Fsp3) is 0.214. The van der Waals surface area contributed by atoms with Gasteiger partial charge in [-0.3, -0.25) is 19.2 Å². The van der Waals surface area contributed by atoms with Gasteiger partial charge in [-0.1, -0.05) is 60.7 Å². The number of anilines is 1. The Bertz CT molecular complexity index is 1410. The number of imide groups is 1. The first-order chi connectivity index (χ1) is 16.9. The van der Waals surface area contributed by atoms with E-state index in [1.54, 1.807) is 60.7 Å². The minimum Gasteiger partial charge on any atom is -0.495 e. The van der Waals surface area contributed by atoms with E-state index in [1.807, 2.05) is 19.1 Å². The summed E-state index contributed by atoms with van der Waals surface area (Å²) < 4.78 is 11.7. The number of amides is 2. The maximum absolute atomic E-state index is 14.0. The molecule has 7 nitrogen and oxygen atoms in total. The quantitative estimate of drug-likeness (QED) is 0.431. The Morgan fingerprint density at radius 3 is 2.06 bits per heavy atom. The smallest absolute Gasteiger partial charge is 0.241 e. The Balaban J connectivity index is 1.57. The Kier molecular flexibility index (Phi) is 4.56. The Hall–Kier alpha value is -4.10. The topological polar surface area (TPSA) is 90.0 Å². The van der Waals surface area contributed by atoms with Crippen LogP contribution in [0, 0.1) is 18.8 Å². The third kappa shape index (κ3) is 2.64. The highest BCUT2D eigenvalue weighted by molar-refractivity contribution is 6.37. The number of nitrogens with zero attached hydrogens (tertiary/aromatic N) is 1. The van der Waals surface area contributed by atoms with Gasteiger partial charge in [0.25, 0.3) is 0 Å². The lowest BCUT2D eigenvalue weighted by Crippen LogP contribution is -2.51. The third-order valence-corrected chi connectivity index (χ3v) is 7.34. The first-order valence-corrected chi connectivity index (χ1v) is 11.3. The number of carbonyl (C=O) groups excluding carboxylic acids is 4. The number of hydrogen-bond donors (Lipinski definition) is 0. The SMILES string of the molecule is COc1ccccc1N1C(=O)[C@H]2[C@@H](c3ccccc3C)OC3(C(=O)c4ccccc4C3=O)[C@@H]2C1=O. The fourth-order valence-corrected chi connectivity index (χ4v) is 5.76.